The van der Waals surface area contributed by atoms with Crippen LogP contribution in [0, 0.1) is 0 Å². The second kappa shape index (κ2) is 5.70. The summed E-state index contributed by atoms with van der Waals surface area (Å²) in [5.41, 5.74) is 0.464. The Labute approximate surface area is 97.8 Å². The van der Waals surface area contributed by atoms with Crippen LogP contribution in [0.2, 0.25) is 0 Å². The van der Waals surface area contributed by atoms with Crippen molar-refractivity contribution in [1.82, 2.24) is 5.32 Å². The van der Waals surface area contributed by atoms with E-state index in [0.717, 1.165) is 0 Å². The maximum atomic E-state index is 12.4. The molecule has 0 aliphatic heterocycles. The first-order valence-electron chi connectivity index (χ1n) is 5.33. The van der Waals surface area contributed by atoms with Gasteiger partial charge in [0.15, 0.2) is 0 Å². The summed E-state index contributed by atoms with van der Waals surface area (Å²) in [6.07, 6.45) is -5.19. The SMILES string of the molecule is CCC(=O)N[C@H](CC(F)(F)F)c1ccccc1. The number of amides is 1. The van der Waals surface area contributed by atoms with Crippen LogP contribution < -0.4 is 5.32 Å². The summed E-state index contributed by atoms with van der Waals surface area (Å²) in [6.45, 7) is 1.60. The van der Waals surface area contributed by atoms with E-state index in [4.69, 9.17) is 0 Å². The number of alkyl halides is 3. The van der Waals surface area contributed by atoms with Gasteiger partial charge in [0.25, 0.3) is 0 Å². The Bertz CT molecular complexity index is 362. The summed E-state index contributed by atoms with van der Waals surface area (Å²) in [6, 6.07) is 7.16. The molecular weight excluding hydrogens is 231 g/mol. The van der Waals surface area contributed by atoms with Gasteiger partial charge in [-0.25, -0.2) is 0 Å². The molecule has 1 amide bonds. The Morgan fingerprint density at radius 3 is 2.35 bits per heavy atom. The summed E-state index contributed by atoms with van der Waals surface area (Å²) in [4.78, 5) is 11.2. The molecule has 0 spiro atoms. The van der Waals surface area contributed by atoms with E-state index in [1.54, 1.807) is 37.3 Å². The van der Waals surface area contributed by atoms with Crippen molar-refractivity contribution in [2.75, 3.05) is 0 Å². The monoisotopic (exact) mass is 245 g/mol. The van der Waals surface area contributed by atoms with E-state index in [1.807, 2.05) is 0 Å². The molecule has 0 saturated heterocycles. The van der Waals surface area contributed by atoms with Crippen molar-refractivity contribution in [1.29, 1.82) is 0 Å². The van der Waals surface area contributed by atoms with Gasteiger partial charge in [0, 0.05) is 6.42 Å². The molecule has 2 nitrogen and oxygen atoms in total. The van der Waals surface area contributed by atoms with Crippen LogP contribution in [-0.2, 0) is 4.79 Å². The summed E-state index contributed by atoms with van der Waals surface area (Å²) >= 11 is 0. The van der Waals surface area contributed by atoms with Crippen LogP contribution in [0.4, 0.5) is 13.2 Å². The Morgan fingerprint density at radius 1 is 1.29 bits per heavy atom. The Kier molecular flexibility index (Phi) is 4.54. The van der Waals surface area contributed by atoms with Gasteiger partial charge in [-0.3, -0.25) is 4.79 Å². The van der Waals surface area contributed by atoms with Crippen LogP contribution >= 0.6 is 0 Å². The van der Waals surface area contributed by atoms with Gasteiger partial charge in [0.1, 0.15) is 0 Å². The standard InChI is InChI=1S/C12H14F3NO/c1-2-11(17)16-10(8-12(13,14)15)9-6-4-3-5-7-9/h3-7,10H,2,8H2,1H3,(H,16,17)/t10-/m1/s1. The molecule has 17 heavy (non-hydrogen) atoms. The first kappa shape index (κ1) is 13.5. The molecule has 0 radical (unpaired) electrons. The molecule has 1 aromatic carbocycles. The number of carbonyl (C=O) groups excluding carboxylic acids is 1. The van der Waals surface area contributed by atoms with Gasteiger partial charge in [-0.2, -0.15) is 13.2 Å². The molecule has 0 unspecified atom stereocenters. The maximum absolute atomic E-state index is 12.4. The molecule has 0 fully saturated rings. The lowest BCUT2D eigenvalue weighted by Crippen LogP contribution is -2.31. The second-order valence-electron chi connectivity index (χ2n) is 3.70. The lowest BCUT2D eigenvalue weighted by Gasteiger charge is -2.20. The number of nitrogens with one attached hydrogen (secondary N) is 1. The highest BCUT2D eigenvalue weighted by molar-refractivity contribution is 5.76. The number of halogens is 3. The number of hydrogen-bond acceptors (Lipinski definition) is 1. The average Bonchev–Trinajstić information content (AvgIpc) is 2.27. The molecule has 0 heterocycles. The van der Waals surface area contributed by atoms with E-state index in [1.165, 1.54) is 0 Å². The van der Waals surface area contributed by atoms with Gasteiger partial charge in [0.2, 0.25) is 5.91 Å². The molecule has 0 saturated carbocycles. The van der Waals surface area contributed by atoms with Crippen molar-refractivity contribution in [2.24, 2.45) is 0 Å². The van der Waals surface area contributed by atoms with Gasteiger partial charge in [-0.15, -0.1) is 0 Å². The van der Waals surface area contributed by atoms with Crippen LogP contribution in [0.25, 0.3) is 0 Å². The van der Waals surface area contributed by atoms with Crippen molar-refractivity contribution in [3.63, 3.8) is 0 Å². The molecule has 1 rings (SSSR count). The lowest BCUT2D eigenvalue weighted by molar-refractivity contribution is -0.142. The summed E-state index contributed by atoms with van der Waals surface area (Å²) < 4.78 is 37.2. The molecule has 5 heteroatoms. The summed E-state index contributed by atoms with van der Waals surface area (Å²) in [7, 11) is 0. The van der Waals surface area contributed by atoms with Crippen molar-refractivity contribution in [3.8, 4) is 0 Å². The highest BCUT2D eigenvalue weighted by Crippen LogP contribution is 2.29. The van der Waals surface area contributed by atoms with E-state index < -0.39 is 18.6 Å². The van der Waals surface area contributed by atoms with Crippen molar-refractivity contribution < 1.29 is 18.0 Å². The summed E-state index contributed by atoms with van der Waals surface area (Å²) in [5.74, 6) is -0.386. The lowest BCUT2D eigenvalue weighted by atomic mass is 10.0. The van der Waals surface area contributed by atoms with Gasteiger partial charge >= 0.3 is 6.18 Å². The predicted molar refractivity (Wildman–Crippen MR) is 58.3 cm³/mol. The Balaban J connectivity index is 2.83. The number of benzene rings is 1. The van der Waals surface area contributed by atoms with E-state index in [-0.39, 0.29) is 12.3 Å². The van der Waals surface area contributed by atoms with Crippen LogP contribution in [0.3, 0.4) is 0 Å². The Morgan fingerprint density at radius 2 is 1.88 bits per heavy atom. The third-order valence-corrected chi connectivity index (χ3v) is 2.29. The highest BCUT2D eigenvalue weighted by atomic mass is 19.4. The predicted octanol–water partition coefficient (Wildman–Crippen LogP) is 3.21. The van der Waals surface area contributed by atoms with Crippen molar-refractivity contribution >= 4 is 5.91 Å². The van der Waals surface area contributed by atoms with Gasteiger partial charge in [-0.1, -0.05) is 37.3 Å². The fraction of sp³-hybridized carbons (Fsp3) is 0.417. The van der Waals surface area contributed by atoms with Crippen LogP contribution in [0.5, 0.6) is 0 Å². The minimum absolute atomic E-state index is 0.168. The van der Waals surface area contributed by atoms with E-state index in [9.17, 15) is 18.0 Å². The fourth-order valence-electron chi connectivity index (χ4n) is 1.47. The maximum Gasteiger partial charge on any atom is 0.391 e. The molecule has 0 bridgehead atoms. The average molecular weight is 245 g/mol. The largest absolute Gasteiger partial charge is 0.391 e. The van der Waals surface area contributed by atoms with Gasteiger partial charge < -0.3 is 5.32 Å². The topological polar surface area (TPSA) is 29.1 Å². The first-order valence-corrected chi connectivity index (χ1v) is 5.33. The third-order valence-electron chi connectivity index (χ3n) is 2.29. The first-order chi connectivity index (χ1) is 7.92. The minimum Gasteiger partial charge on any atom is -0.349 e. The third kappa shape index (κ3) is 4.89. The molecule has 0 aliphatic carbocycles. The zero-order valence-electron chi connectivity index (χ0n) is 9.42. The van der Waals surface area contributed by atoms with Crippen LogP contribution in [-0.4, -0.2) is 12.1 Å². The molecule has 0 aliphatic rings. The summed E-state index contributed by atoms with van der Waals surface area (Å²) in [5, 5.41) is 2.38. The van der Waals surface area contributed by atoms with Crippen molar-refractivity contribution in [3.05, 3.63) is 35.9 Å². The number of hydrogen-bond donors (Lipinski definition) is 1. The van der Waals surface area contributed by atoms with E-state index in [0.29, 0.717) is 5.56 Å². The fourth-order valence-corrected chi connectivity index (χ4v) is 1.47. The molecular formula is C12H14F3NO. The Hall–Kier alpha value is -1.52. The molecule has 94 valence electrons. The van der Waals surface area contributed by atoms with E-state index in [2.05, 4.69) is 5.32 Å². The van der Waals surface area contributed by atoms with Gasteiger partial charge in [-0.05, 0) is 5.56 Å². The van der Waals surface area contributed by atoms with Gasteiger partial charge in [0.05, 0.1) is 12.5 Å². The number of carbonyl (C=O) groups is 1. The molecule has 1 atom stereocenters. The zero-order valence-corrected chi connectivity index (χ0v) is 9.42. The second-order valence-corrected chi connectivity index (χ2v) is 3.70. The highest BCUT2D eigenvalue weighted by Gasteiger charge is 2.33. The number of rotatable bonds is 4. The molecule has 0 aromatic heterocycles. The van der Waals surface area contributed by atoms with Crippen LogP contribution in [0.15, 0.2) is 30.3 Å². The smallest absolute Gasteiger partial charge is 0.349 e. The van der Waals surface area contributed by atoms with Crippen LogP contribution in [0.1, 0.15) is 31.4 Å². The zero-order chi connectivity index (χ0) is 12.9. The normalized spacial score (nSPS) is 13.2. The van der Waals surface area contributed by atoms with Crippen molar-refractivity contribution in [2.45, 2.75) is 32.0 Å². The molecule has 1 aromatic rings. The quantitative estimate of drug-likeness (QED) is 0.867. The van der Waals surface area contributed by atoms with E-state index >= 15 is 0 Å². The minimum atomic E-state index is -4.30. The molecule has 1 N–H and O–H groups in total.